The number of hydrogen-bond acceptors (Lipinski definition) is 4. The molecule has 0 fully saturated rings. The van der Waals surface area contributed by atoms with Gasteiger partial charge in [-0.3, -0.25) is 10.1 Å². The van der Waals surface area contributed by atoms with Gasteiger partial charge in [-0.25, -0.2) is 0 Å². The molecule has 1 aliphatic heterocycles. The van der Waals surface area contributed by atoms with Crippen molar-refractivity contribution < 1.29 is 9.66 Å². The lowest BCUT2D eigenvalue weighted by Crippen LogP contribution is -2.35. The van der Waals surface area contributed by atoms with E-state index in [0.29, 0.717) is 6.73 Å². The van der Waals surface area contributed by atoms with Gasteiger partial charge < -0.3 is 10.1 Å². The van der Waals surface area contributed by atoms with Gasteiger partial charge in [0.05, 0.1) is 10.5 Å². The molecule has 0 atom stereocenters. The van der Waals surface area contributed by atoms with Crippen LogP contribution in [0.3, 0.4) is 0 Å². The van der Waals surface area contributed by atoms with E-state index >= 15 is 0 Å². The third-order valence-corrected chi connectivity index (χ3v) is 4.65. The summed E-state index contributed by atoms with van der Waals surface area (Å²) in [6, 6.07) is 12.8. The molecule has 0 saturated carbocycles. The summed E-state index contributed by atoms with van der Waals surface area (Å²) in [7, 11) is 0. The van der Waals surface area contributed by atoms with Crippen molar-refractivity contribution in [1.29, 1.82) is 0 Å². The summed E-state index contributed by atoms with van der Waals surface area (Å²) in [4.78, 5) is 10.6. The van der Waals surface area contributed by atoms with Crippen molar-refractivity contribution in [3.05, 3.63) is 58.1 Å². The highest BCUT2D eigenvalue weighted by Crippen LogP contribution is 2.42. The molecular formula is C18H20N2O3. The summed E-state index contributed by atoms with van der Waals surface area (Å²) < 4.78 is 6.02. The normalized spacial score (nSPS) is 15.6. The van der Waals surface area contributed by atoms with Crippen LogP contribution in [0.25, 0.3) is 11.1 Å². The van der Waals surface area contributed by atoms with Crippen LogP contribution in [-0.4, -0.2) is 11.7 Å². The smallest absolute Gasteiger partial charge is 0.270 e. The van der Waals surface area contributed by atoms with Gasteiger partial charge in [-0.15, -0.1) is 0 Å². The molecule has 5 heteroatoms. The number of rotatable bonds is 4. The second kappa shape index (κ2) is 6.01. The van der Waals surface area contributed by atoms with Gasteiger partial charge in [-0.2, -0.15) is 0 Å². The molecule has 1 aliphatic rings. The molecule has 0 saturated heterocycles. The number of anilines is 1. The molecule has 2 aromatic rings. The Kier molecular flexibility index (Phi) is 4.05. The van der Waals surface area contributed by atoms with Crippen molar-refractivity contribution >= 4 is 11.4 Å². The third-order valence-electron chi connectivity index (χ3n) is 4.65. The van der Waals surface area contributed by atoms with Gasteiger partial charge in [0.15, 0.2) is 0 Å². The molecule has 0 radical (unpaired) electrons. The minimum absolute atomic E-state index is 0.104. The summed E-state index contributed by atoms with van der Waals surface area (Å²) in [6.07, 6.45) is 1.77. The lowest BCUT2D eigenvalue weighted by molar-refractivity contribution is -0.384. The largest absolute Gasteiger partial charge is 0.362 e. The zero-order valence-corrected chi connectivity index (χ0v) is 13.3. The molecule has 5 nitrogen and oxygen atoms in total. The second-order valence-corrected chi connectivity index (χ2v) is 5.73. The molecule has 1 heterocycles. The predicted molar refractivity (Wildman–Crippen MR) is 90.4 cm³/mol. The van der Waals surface area contributed by atoms with Gasteiger partial charge in [0, 0.05) is 23.4 Å². The third kappa shape index (κ3) is 2.68. The topological polar surface area (TPSA) is 64.4 Å². The first-order valence-corrected chi connectivity index (χ1v) is 7.87. The maximum Gasteiger partial charge on any atom is 0.270 e. The predicted octanol–water partition coefficient (Wildman–Crippen LogP) is 4.68. The molecule has 0 spiro atoms. The van der Waals surface area contributed by atoms with Crippen molar-refractivity contribution in [1.82, 2.24) is 0 Å². The molecule has 2 aromatic carbocycles. The first-order chi connectivity index (χ1) is 11.1. The first-order valence-electron chi connectivity index (χ1n) is 7.87. The highest BCUT2D eigenvalue weighted by atomic mass is 16.6. The fourth-order valence-electron chi connectivity index (χ4n) is 3.22. The Morgan fingerprint density at radius 1 is 1.17 bits per heavy atom. The lowest BCUT2D eigenvalue weighted by Gasteiger charge is -2.38. The lowest BCUT2D eigenvalue weighted by atomic mass is 9.84. The minimum atomic E-state index is -0.366. The molecule has 0 unspecified atom stereocenters. The van der Waals surface area contributed by atoms with Gasteiger partial charge in [0.25, 0.3) is 5.69 Å². The van der Waals surface area contributed by atoms with E-state index < -0.39 is 0 Å². The van der Waals surface area contributed by atoms with Crippen molar-refractivity contribution in [3.8, 4) is 11.1 Å². The van der Waals surface area contributed by atoms with Gasteiger partial charge in [0.1, 0.15) is 6.73 Å². The number of non-ortho nitro benzene ring substituents is 1. The number of nitrogens with zero attached hydrogens (tertiary/aromatic N) is 1. The molecule has 3 rings (SSSR count). The minimum Gasteiger partial charge on any atom is -0.362 e. The van der Waals surface area contributed by atoms with Gasteiger partial charge in [0.2, 0.25) is 0 Å². The molecule has 0 amide bonds. The molecule has 0 aromatic heterocycles. The van der Waals surface area contributed by atoms with E-state index in [1.807, 2.05) is 18.2 Å². The molecule has 120 valence electrons. The Labute approximate surface area is 135 Å². The van der Waals surface area contributed by atoms with E-state index in [1.165, 1.54) is 6.07 Å². The van der Waals surface area contributed by atoms with Crippen molar-refractivity contribution in [2.75, 3.05) is 12.0 Å². The van der Waals surface area contributed by atoms with Crippen molar-refractivity contribution in [2.24, 2.45) is 0 Å². The molecular weight excluding hydrogens is 292 g/mol. The Bertz CT molecular complexity index is 739. The summed E-state index contributed by atoms with van der Waals surface area (Å²) in [6.45, 7) is 4.75. The van der Waals surface area contributed by atoms with E-state index in [-0.39, 0.29) is 16.2 Å². The van der Waals surface area contributed by atoms with Crippen LogP contribution in [0, 0.1) is 10.1 Å². The van der Waals surface area contributed by atoms with E-state index in [1.54, 1.807) is 12.1 Å². The van der Waals surface area contributed by atoms with Crippen LogP contribution in [0.15, 0.2) is 42.5 Å². The fourth-order valence-corrected chi connectivity index (χ4v) is 3.22. The van der Waals surface area contributed by atoms with Gasteiger partial charge in [-0.1, -0.05) is 32.0 Å². The van der Waals surface area contributed by atoms with Crippen LogP contribution in [0.1, 0.15) is 32.3 Å². The summed E-state index contributed by atoms with van der Waals surface area (Å²) in [5.41, 5.74) is 3.82. The first kappa shape index (κ1) is 15.5. The maximum absolute atomic E-state index is 11.0. The van der Waals surface area contributed by atoms with Gasteiger partial charge in [-0.05, 0) is 36.1 Å². The number of ether oxygens (including phenoxy) is 1. The van der Waals surface area contributed by atoms with E-state index in [9.17, 15) is 10.1 Å². The number of benzene rings is 2. The summed E-state index contributed by atoms with van der Waals surface area (Å²) in [5, 5.41) is 14.3. The van der Waals surface area contributed by atoms with Crippen LogP contribution in [0.4, 0.5) is 11.4 Å². The van der Waals surface area contributed by atoms with Crippen LogP contribution in [0.2, 0.25) is 0 Å². The Morgan fingerprint density at radius 2 is 1.91 bits per heavy atom. The van der Waals surface area contributed by atoms with Crippen molar-refractivity contribution in [3.63, 3.8) is 0 Å². The second-order valence-electron chi connectivity index (χ2n) is 5.73. The zero-order chi connectivity index (χ0) is 16.4. The highest BCUT2D eigenvalue weighted by molar-refractivity contribution is 5.71. The van der Waals surface area contributed by atoms with Crippen molar-refractivity contribution in [2.45, 2.75) is 32.3 Å². The molecule has 0 aliphatic carbocycles. The van der Waals surface area contributed by atoms with Crippen LogP contribution in [0.5, 0.6) is 0 Å². The van der Waals surface area contributed by atoms with Crippen LogP contribution >= 0.6 is 0 Å². The standard InChI is InChI=1S/C18H20N2O3/c1-3-18(4-2)16-11-14(8-9-17(16)19-12-23-18)13-6-5-7-15(10-13)20(21)22/h5-11,19H,3-4,12H2,1-2H3. The number of nitro groups is 1. The van der Waals surface area contributed by atoms with Gasteiger partial charge >= 0.3 is 0 Å². The molecule has 0 bridgehead atoms. The number of nitro benzene ring substituents is 1. The Balaban J connectivity index is 2.10. The highest BCUT2D eigenvalue weighted by Gasteiger charge is 2.34. The monoisotopic (exact) mass is 312 g/mol. The van der Waals surface area contributed by atoms with E-state index in [4.69, 9.17) is 4.74 Å². The van der Waals surface area contributed by atoms with Crippen LogP contribution < -0.4 is 5.32 Å². The number of nitrogens with one attached hydrogen (secondary N) is 1. The van der Waals surface area contributed by atoms with E-state index in [0.717, 1.165) is 35.2 Å². The van der Waals surface area contributed by atoms with E-state index in [2.05, 4.69) is 25.2 Å². The SMILES string of the molecule is CCC1(CC)OCNc2ccc(-c3cccc([N+](=O)[O-])c3)cc21. The average Bonchev–Trinajstić information content (AvgIpc) is 2.60. The van der Waals surface area contributed by atoms with Crippen LogP contribution in [-0.2, 0) is 10.3 Å². The maximum atomic E-state index is 11.0. The number of fused-ring (bicyclic) bond motifs is 1. The fraction of sp³-hybridized carbons (Fsp3) is 0.333. The molecule has 1 N–H and O–H groups in total. The Hall–Kier alpha value is -2.40. The Morgan fingerprint density at radius 3 is 2.61 bits per heavy atom. The summed E-state index contributed by atoms with van der Waals surface area (Å²) in [5.74, 6) is 0. The zero-order valence-electron chi connectivity index (χ0n) is 13.3. The number of hydrogen-bond donors (Lipinski definition) is 1. The average molecular weight is 312 g/mol. The summed E-state index contributed by atoms with van der Waals surface area (Å²) >= 11 is 0. The quantitative estimate of drug-likeness (QED) is 0.658. The molecule has 23 heavy (non-hydrogen) atoms.